The smallest absolute Gasteiger partial charge is 0.305 e. The maximum Gasteiger partial charge on any atom is 0.305 e. The number of nitrogens with two attached hydrogens (primary N) is 2. The number of methoxy groups -OCH3 is 1. The summed E-state index contributed by atoms with van der Waals surface area (Å²) >= 11 is 0. The molecule has 2 rings (SSSR count). The molecule has 137 heavy (non-hydrogen) atoms. The summed E-state index contributed by atoms with van der Waals surface area (Å²) in [6.45, 7) is 33.3. The second-order valence-electron chi connectivity index (χ2n) is 39.9. The van der Waals surface area contributed by atoms with Gasteiger partial charge in [-0.3, -0.25) is 105 Å². The average molecular weight is 1940 g/mol. The first-order valence-electron chi connectivity index (χ1n) is 45.7. The van der Waals surface area contributed by atoms with Crippen LogP contribution in [0, 0.1) is 17.8 Å². The topological polar surface area (TPSA) is 697 Å². The van der Waals surface area contributed by atoms with Crippen molar-refractivity contribution in [2.24, 2.45) is 29.2 Å². The molecule has 12 unspecified atom stereocenters. The van der Waals surface area contributed by atoms with E-state index < -0.39 is 279 Å². The van der Waals surface area contributed by atoms with Gasteiger partial charge in [0.2, 0.25) is 124 Å². The lowest BCUT2D eigenvalue weighted by molar-refractivity contribution is -0.146. The number of esters is 1. The minimum Gasteiger partial charge on any atom is -0.469 e. The lowest BCUT2D eigenvalue weighted by Gasteiger charge is -2.36. The minimum atomic E-state index is -1.96. The average Bonchev–Trinajstić information content (AvgIpc) is 1.76. The molecule has 1 heterocycles. The Morgan fingerprint density at radius 2 is 0.759 bits per heavy atom. The highest BCUT2D eigenvalue weighted by Gasteiger charge is 2.48. The molecule has 0 aliphatic carbocycles. The van der Waals surface area contributed by atoms with Gasteiger partial charge in [-0.2, -0.15) is 0 Å². The molecule has 0 bridgehead atoms. The highest BCUT2D eigenvalue weighted by atomic mass is 16.5. The molecule has 21 amide bonds. The quantitative estimate of drug-likeness (QED) is 0.0276. The SMILES string of the molecule is CCC(C)C(NC(=O)C(C)(C)NC(=O)C(CC(C)C)NC(=O)C1CCCN1C(=O)C(C)(C)NC(=O)C(CC(C)C)NC(=O)C(CO)NC(=O)C(C)(C)NC(=O)C(C)(C)NC(=O)C(C)(C)NC(=O)C(CCC(N)=O)NC(=O)C(C)(C)NC(=O)C(C)(C)NC(=O)C(C)NC(=O)C(C)NC(=O)C(C)(C)NC(C)=O)C(=O)NC(CCC(=O)OC)C(=O)NC(CCC(N)=O)C(=O)NC(CO)Cc1ccccc1. The lowest BCUT2D eigenvalue weighted by Crippen LogP contribution is -2.68. The molecule has 12 atom stereocenters. The summed E-state index contributed by atoms with van der Waals surface area (Å²) in [7, 11) is 1.11. The Balaban J connectivity index is 2.27. The fourth-order valence-corrected chi connectivity index (χ4v) is 13.8. The van der Waals surface area contributed by atoms with Gasteiger partial charge in [0.1, 0.15) is 105 Å². The van der Waals surface area contributed by atoms with E-state index in [1.54, 1.807) is 71.9 Å². The number of aliphatic hydroxyl groups excluding tert-OH is 2. The molecule has 1 aliphatic rings. The molecule has 46 heteroatoms. The van der Waals surface area contributed by atoms with E-state index in [9.17, 15) is 116 Å². The molecule has 0 saturated carbocycles. The Bertz CT molecular complexity index is 4530. The first-order valence-corrected chi connectivity index (χ1v) is 45.7. The van der Waals surface area contributed by atoms with Crippen molar-refractivity contribution in [1.82, 2.24) is 101 Å². The van der Waals surface area contributed by atoms with Gasteiger partial charge < -0.3 is 127 Å². The van der Waals surface area contributed by atoms with Crippen molar-refractivity contribution < 1.29 is 120 Å². The number of benzene rings is 1. The van der Waals surface area contributed by atoms with Gasteiger partial charge in [-0.1, -0.05) is 78.3 Å². The monoisotopic (exact) mass is 1940 g/mol. The number of ether oxygens (including phenoxy) is 1. The third-order valence-corrected chi connectivity index (χ3v) is 22.6. The molecule has 46 nitrogen and oxygen atoms in total. The highest BCUT2D eigenvalue weighted by molar-refractivity contribution is 6.05. The molecule has 0 aromatic heterocycles. The van der Waals surface area contributed by atoms with Crippen molar-refractivity contribution in [1.29, 1.82) is 0 Å². The van der Waals surface area contributed by atoms with Crippen LogP contribution in [-0.2, 0) is 117 Å². The van der Waals surface area contributed by atoms with Gasteiger partial charge in [-0.05, 0) is 199 Å². The maximum absolute atomic E-state index is 14.7. The fourth-order valence-electron chi connectivity index (χ4n) is 13.8. The number of aliphatic hydroxyl groups is 2. The third kappa shape index (κ3) is 38.9. The normalized spacial score (nSPS) is 15.5. The molecular formula is C91H151N21O25. The van der Waals surface area contributed by atoms with Gasteiger partial charge in [-0.25, -0.2) is 0 Å². The van der Waals surface area contributed by atoms with Crippen LogP contribution in [0.4, 0.5) is 0 Å². The standard InChI is InChI=1S/C91H151N21O25/c1-27-49(6)65(75(128)98-56(37-40-64(118)137-26)69(122)97-55(35-38-62(92)116)68(121)96-54(45-113)44-53-32-29-28-30-33-53)103-79(132)85(12,13)107-72(125)59(43-48(4)5)100-74(127)61-34-31-41-112(61)83(136)91(24,25)108-73(126)58(42-47(2)3)99-70(123)60(46-114)102-78(131)87(16,17)110-82(135)90(22,23)111-81(134)89(20,21)106-71(124)57(36-39-63(93)117)101-77(130)86(14,15)109-80(133)88(18,19)105-67(120)51(8)94-66(119)50(7)95-76(129)84(10,11)104-52(9)115/h28-30,32-33,47-51,54-61,65,113-114H,27,31,34-46H2,1-26H3,(H2,92,116)(H2,93,117)(H,94,119)(H,95,129)(H,96,121)(H,97,122)(H,98,128)(H,99,123)(H,100,127)(H,101,130)(H,102,131)(H,103,132)(H,104,115)(H,105,120)(H,106,124)(H,107,125)(H,108,126)(H,109,133)(H,110,135)(H,111,134). The minimum absolute atomic E-state index is 0.00260. The van der Waals surface area contributed by atoms with Crippen LogP contribution in [-0.4, -0.2) is 283 Å². The first-order chi connectivity index (χ1) is 62.9. The van der Waals surface area contributed by atoms with E-state index >= 15 is 0 Å². The van der Waals surface area contributed by atoms with Crippen LogP contribution in [0.15, 0.2) is 30.3 Å². The number of hydrogen-bond donors (Lipinski definition) is 22. The first kappa shape index (κ1) is 121. The second-order valence-corrected chi connectivity index (χ2v) is 39.9. The zero-order valence-corrected chi connectivity index (χ0v) is 84.0. The van der Waals surface area contributed by atoms with E-state index in [0.717, 1.165) is 12.7 Å². The van der Waals surface area contributed by atoms with Crippen LogP contribution in [0.2, 0.25) is 0 Å². The van der Waals surface area contributed by atoms with Crippen molar-refractivity contribution >= 4 is 130 Å². The molecule has 1 aromatic carbocycles. The number of nitrogens with zero attached hydrogens (tertiary/aromatic N) is 1. The van der Waals surface area contributed by atoms with Gasteiger partial charge in [0.05, 0.1) is 26.4 Å². The number of carbonyl (C=O) groups excluding carboxylic acids is 22. The highest BCUT2D eigenvalue weighted by Crippen LogP contribution is 2.25. The summed E-state index contributed by atoms with van der Waals surface area (Å²) in [5.41, 5.74) is -2.95. The summed E-state index contributed by atoms with van der Waals surface area (Å²) in [6.07, 6.45) is -1.61. The van der Waals surface area contributed by atoms with Gasteiger partial charge in [0, 0.05) is 32.7 Å². The van der Waals surface area contributed by atoms with Crippen LogP contribution < -0.4 is 107 Å². The molecule has 1 aliphatic heterocycles. The van der Waals surface area contributed by atoms with Crippen LogP contribution in [0.25, 0.3) is 0 Å². The maximum atomic E-state index is 14.7. The number of likely N-dealkylation sites (tertiary alicyclic amines) is 1. The predicted molar refractivity (Wildman–Crippen MR) is 500 cm³/mol. The molecule has 770 valence electrons. The largest absolute Gasteiger partial charge is 0.469 e. The van der Waals surface area contributed by atoms with Gasteiger partial charge in [0.15, 0.2) is 0 Å². The molecule has 0 spiro atoms. The number of nitrogens with one attached hydrogen (secondary N) is 18. The van der Waals surface area contributed by atoms with Crippen LogP contribution in [0.3, 0.4) is 0 Å². The fraction of sp³-hybridized carbons (Fsp3) is 0.692. The van der Waals surface area contributed by atoms with Crippen molar-refractivity contribution in [3.63, 3.8) is 0 Å². The van der Waals surface area contributed by atoms with Crippen molar-refractivity contribution in [3.8, 4) is 0 Å². The van der Waals surface area contributed by atoms with E-state index in [0.29, 0.717) is 0 Å². The number of amides is 21. The predicted octanol–water partition coefficient (Wildman–Crippen LogP) is -4.11. The summed E-state index contributed by atoms with van der Waals surface area (Å²) in [4.78, 5) is 302. The van der Waals surface area contributed by atoms with E-state index in [1.807, 2.05) is 0 Å². The van der Waals surface area contributed by atoms with Crippen molar-refractivity contribution in [3.05, 3.63) is 35.9 Å². The van der Waals surface area contributed by atoms with E-state index in [4.69, 9.17) is 16.2 Å². The van der Waals surface area contributed by atoms with E-state index in [2.05, 4.69) is 95.7 Å². The van der Waals surface area contributed by atoms with Crippen LogP contribution >= 0.6 is 0 Å². The summed E-state index contributed by atoms with van der Waals surface area (Å²) in [5.74, 6) is -20.6. The Hall–Kier alpha value is -12.5. The van der Waals surface area contributed by atoms with Crippen molar-refractivity contribution in [2.75, 3.05) is 26.9 Å². The number of rotatable bonds is 55. The summed E-state index contributed by atoms with van der Waals surface area (Å²) in [5, 5.41) is 66.4. The summed E-state index contributed by atoms with van der Waals surface area (Å²) in [6, 6.07) is -6.29. The Kier molecular flexibility index (Phi) is 45.9. The molecule has 24 N–H and O–H groups in total. The van der Waals surface area contributed by atoms with E-state index in [-0.39, 0.29) is 76.2 Å². The van der Waals surface area contributed by atoms with Crippen molar-refractivity contribution in [2.45, 2.75) is 361 Å². The Labute approximate surface area is 800 Å². The Morgan fingerprint density at radius 1 is 0.394 bits per heavy atom. The van der Waals surface area contributed by atoms with Gasteiger partial charge in [0.25, 0.3) is 0 Å². The zero-order valence-electron chi connectivity index (χ0n) is 84.0. The molecule has 1 saturated heterocycles. The van der Waals surface area contributed by atoms with Crippen LogP contribution in [0.5, 0.6) is 0 Å². The summed E-state index contributed by atoms with van der Waals surface area (Å²) < 4.78 is 4.80. The number of hydrogen-bond acceptors (Lipinski definition) is 25. The molecule has 1 aromatic rings. The van der Waals surface area contributed by atoms with E-state index in [1.165, 1.54) is 136 Å². The third-order valence-electron chi connectivity index (χ3n) is 22.6. The van der Waals surface area contributed by atoms with Gasteiger partial charge >= 0.3 is 5.97 Å². The number of carbonyl (C=O) groups is 22. The second kappa shape index (κ2) is 52.1. The van der Waals surface area contributed by atoms with Gasteiger partial charge in [-0.15, -0.1) is 0 Å². The van der Waals surface area contributed by atoms with Crippen LogP contribution in [0.1, 0.15) is 249 Å². The Morgan fingerprint density at radius 3 is 1.20 bits per heavy atom. The lowest BCUT2D eigenvalue weighted by atomic mass is 9.95. The molecule has 1 fully saturated rings. The zero-order chi connectivity index (χ0) is 106. The number of primary amides is 2. The molecule has 0 radical (unpaired) electrons. The molecular weight excluding hydrogens is 1790 g/mol.